The van der Waals surface area contributed by atoms with Crippen LogP contribution in [0.25, 0.3) is 5.69 Å². The molecule has 0 atom stereocenters. The van der Waals surface area contributed by atoms with Gasteiger partial charge in [-0.15, -0.1) is 5.10 Å². The Bertz CT molecular complexity index is 1220. The molecule has 0 radical (unpaired) electrons. The molecule has 0 aliphatic rings. The second-order valence-corrected chi connectivity index (χ2v) is 7.97. The molecule has 0 bridgehead atoms. The summed E-state index contributed by atoms with van der Waals surface area (Å²) in [6.45, 7) is 4.30. The first-order valence-electron chi connectivity index (χ1n) is 10.5. The molecule has 11 heteroatoms. The summed E-state index contributed by atoms with van der Waals surface area (Å²) in [7, 11) is 0. The first-order valence-corrected chi connectivity index (χ1v) is 11.3. The van der Waals surface area contributed by atoms with Gasteiger partial charge in [-0.1, -0.05) is 30.7 Å². The molecular formula is C23H22F3N3O4S. The van der Waals surface area contributed by atoms with E-state index in [1.54, 1.807) is 19.1 Å². The summed E-state index contributed by atoms with van der Waals surface area (Å²) in [6, 6.07) is 10.7. The summed E-state index contributed by atoms with van der Waals surface area (Å²) >= 11 is 0.739. The number of rotatable bonds is 8. The number of nitrogens with zero attached hydrogens (tertiary/aromatic N) is 3. The number of carbonyl (C=O) groups is 2. The van der Waals surface area contributed by atoms with Crippen LogP contribution in [0.15, 0.2) is 53.5 Å². The molecule has 0 saturated heterocycles. The molecule has 0 fully saturated rings. The standard InChI is InChI=1S/C23H22F3N3O4S/c1-3-5-13-33-18-11-9-15(10-12-18)19(30)27-22-29(28-20(34-22)21(31)32-4-2)17-8-6-7-16(14-17)23(24,25)26/h6-12,14H,3-5,13H2,1-2H3. The molecule has 7 nitrogen and oxygen atoms in total. The van der Waals surface area contributed by atoms with Crippen LogP contribution in [-0.2, 0) is 10.9 Å². The quantitative estimate of drug-likeness (QED) is 0.324. The molecule has 0 spiro atoms. The van der Waals surface area contributed by atoms with Crippen LogP contribution in [0.1, 0.15) is 52.4 Å². The highest BCUT2D eigenvalue weighted by Crippen LogP contribution is 2.30. The van der Waals surface area contributed by atoms with Crippen LogP contribution in [-0.4, -0.2) is 34.9 Å². The molecule has 3 rings (SSSR count). The fraction of sp³-hybridized carbons (Fsp3) is 0.304. The van der Waals surface area contributed by atoms with Crippen LogP contribution in [0.2, 0.25) is 0 Å². The van der Waals surface area contributed by atoms with Gasteiger partial charge in [-0.3, -0.25) is 4.79 Å². The molecule has 1 amide bonds. The summed E-state index contributed by atoms with van der Waals surface area (Å²) in [5.74, 6) is -0.818. The molecule has 3 aromatic rings. The van der Waals surface area contributed by atoms with Crippen LogP contribution < -0.4 is 9.54 Å². The summed E-state index contributed by atoms with van der Waals surface area (Å²) < 4.78 is 51.1. The van der Waals surface area contributed by atoms with E-state index in [2.05, 4.69) is 10.1 Å². The Kier molecular flexibility index (Phi) is 8.21. The molecule has 34 heavy (non-hydrogen) atoms. The number of benzene rings is 2. The normalized spacial score (nSPS) is 12.0. The van der Waals surface area contributed by atoms with Crippen molar-refractivity contribution < 1.29 is 32.2 Å². The third-order valence-corrected chi connectivity index (χ3v) is 5.38. The van der Waals surface area contributed by atoms with Crippen molar-refractivity contribution in [3.05, 3.63) is 69.5 Å². The van der Waals surface area contributed by atoms with Crippen LogP contribution in [0, 0.1) is 0 Å². The average molecular weight is 494 g/mol. The summed E-state index contributed by atoms with van der Waals surface area (Å²) in [6.07, 6.45) is -2.69. The number of hydrogen-bond acceptors (Lipinski definition) is 6. The van der Waals surface area contributed by atoms with Gasteiger partial charge in [-0.05, 0) is 55.8 Å². The van der Waals surface area contributed by atoms with Gasteiger partial charge < -0.3 is 9.47 Å². The van der Waals surface area contributed by atoms with E-state index >= 15 is 0 Å². The predicted molar refractivity (Wildman–Crippen MR) is 119 cm³/mol. The zero-order valence-corrected chi connectivity index (χ0v) is 19.3. The summed E-state index contributed by atoms with van der Waals surface area (Å²) in [5.41, 5.74) is -0.670. The molecular weight excluding hydrogens is 471 g/mol. The van der Waals surface area contributed by atoms with Gasteiger partial charge in [0, 0.05) is 5.56 Å². The van der Waals surface area contributed by atoms with Crippen molar-refractivity contribution in [1.82, 2.24) is 9.78 Å². The van der Waals surface area contributed by atoms with Crippen molar-refractivity contribution in [2.24, 2.45) is 4.99 Å². The lowest BCUT2D eigenvalue weighted by molar-refractivity contribution is -0.137. The zero-order chi connectivity index (χ0) is 24.7. The maximum absolute atomic E-state index is 13.2. The molecule has 0 aliphatic heterocycles. The van der Waals surface area contributed by atoms with E-state index in [1.807, 2.05) is 6.92 Å². The van der Waals surface area contributed by atoms with Gasteiger partial charge in [0.25, 0.3) is 5.91 Å². The van der Waals surface area contributed by atoms with Crippen molar-refractivity contribution in [3.63, 3.8) is 0 Å². The number of halogens is 3. The van der Waals surface area contributed by atoms with Gasteiger partial charge in [0.15, 0.2) is 0 Å². The number of alkyl halides is 3. The lowest BCUT2D eigenvalue weighted by atomic mass is 10.2. The number of aromatic nitrogens is 2. The number of esters is 1. The summed E-state index contributed by atoms with van der Waals surface area (Å²) in [4.78, 5) is 28.9. The van der Waals surface area contributed by atoms with Crippen molar-refractivity contribution in [3.8, 4) is 11.4 Å². The lowest BCUT2D eigenvalue weighted by Crippen LogP contribution is -2.18. The first kappa shape index (κ1) is 25.2. The smallest absolute Gasteiger partial charge is 0.416 e. The zero-order valence-electron chi connectivity index (χ0n) is 18.5. The monoisotopic (exact) mass is 493 g/mol. The second kappa shape index (κ2) is 11.1. The molecule has 0 unspecified atom stereocenters. The molecule has 1 aromatic heterocycles. The largest absolute Gasteiger partial charge is 0.494 e. The van der Waals surface area contributed by atoms with E-state index in [0.717, 1.165) is 41.0 Å². The van der Waals surface area contributed by atoms with Gasteiger partial charge in [0.1, 0.15) is 5.75 Å². The van der Waals surface area contributed by atoms with Gasteiger partial charge in [0.05, 0.1) is 24.5 Å². The first-order chi connectivity index (χ1) is 16.2. The predicted octanol–water partition coefficient (Wildman–Crippen LogP) is 5.05. The van der Waals surface area contributed by atoms with Gasteiger partial charge in [-0.25, -0.2) is 9.48 Å². The molecule has 0 aliphatic carbocycles. The van der Waals surface area contributed by atoms with Gasteiger partial charge in [0.2, 0.25) is 9.81 Å². The number of unbranched alkanes of at least 4 members (excludes halogenated alkanes) is 1. The maximum atomic E-state index is 13.2. The Labute approximate surface area is 197 Å². The Morgan fingerprint density at radius 2 is 1.85 bits per heavy atom. The number of carbonyl (C=O) groups excluding carboxylic acids is 2. The van der Waals surface area contributed by atoms with Crippen molar-refractivity contribution in [2.75, 3.05) is 13.2 Å². The number of ether oxygens (including phenoxy) is 2. The van der Waals surface area contributed by atoms with Gasteiger partial charge >= 0.3 is 12.1 Å². The SMILES string of the molecule is CCCCOc1ccc(C(=O)N=c2sc(C(=O)OCC)nn2-c2cccc(C(F)(F)F)c2)cc1. The minimum atomic E-state index is -4.58. The van der Waals surface area contributed by atoms with Crippen LogP contribution in [0.4, 0.5) is 13.2 Å². The van der Waals surface area contributed by atoms with Gasteiger partial charge in [-0.2, -0.15) is 18.2 Å². The summed E-state index contributed by atoms with van der Waals surface area (Å²) in [5, 5.41) is 3.90. The van der Waals surface area contributed by atoms with Crippen LogP contribution in [0.5, 0.6) is 5.75 Å². The molecule has 180 valence electrons. The van der Waals surface area contributed by atoms with Crippen molar-refractivity contribution in [1.29, 1.82) is 0 Å². The lowest BCUT2D eigenvalue weighted by Gasteiger charge is -2.08. The Hall–Kier alpha value is -3.47. The van der Waals surface area contributed by atoms with Crippen LogP contribution >= 0.6 is 11.3 Å². The Balaban J connectivity index is 1.99. The molecule has 1 heterocycles. The third kappa shape index (κ3) is 6.31. The van der Waals surface area contributed by atoms with E-state index in [0.29, 0.717) is 12.4 Å². The van der Waals surface area contributed by atoms with E-state index in [1.165, 1.54) is 24.3 Å². The maximum Gasteiger partial charge on any atom is 0.416 e. The molecule has 0 saturated carbocycles. The number of hydrogen-bond donors (Lipinski definition) is 0. The van der Waals surface area contributed by atoms with E-state index < -0.39 is 23.6 Å². The van der Waals surface area contributed by atoms with E-state index in [-0.39, 0.29) is 27.7 Å². The third-order valence-electron chi connectivity index (χ3n) is 4.49. The Morgan fingerprint density at radius 3 is 2.50 bits per heavy atom. The van der Waals surface area contributed by atoms with E-state index in [9.17, 15) is 22.8 Å². The van der Waals surface area contributed by atoms with Crippen LogP contribution in [0.3, 0.4) is 0 Å². The molecule has 2 aromatic carbocycles. The highest BCUT2D eigenvalue weighted by atomic mass is 32.1. The number of amides is 1. The topological polar surface area (TPSA) is 82.8 Å². The highest BCUT2D eigenvalue weighted by Gasteiger charge is 2.31. The molecule has 0 N–H and O–H groups in total. The van der Waals surface area contributed by atoms with Crippen molar-refractivity contribution >= 4 is 23.2 Å². The van der Waals surface area contributed by atoms with Crippen molar-refractivity contribution in [2.45, 2.75) is 32.9 Å². The average Bonchev–Trinajstić information content (AvgIpc) is 3.23. The highest BCUT2D eigenvalue weighted by molar-refractivity contribution is 7.10. The van der Waals surface area contributed by atoms with E-state index in [4.69, 9.17) is 9.47 Å². The fourth-order valence-electron chi connectivity index (χ4n) is 2.79. The fourth-order valence-corrected chi connectivity index (χ4v) is 3.59. The second-order valence-electron chi connectivity index (χ2n) is 7.01. The Morgan fingerprint density at radius 1 is 1.12 bits per heavy atom. The minimum absolute atomic E-state index is 0.00662. The minimum Gasteiger partial charge on any atom is -0.494 e.